The average molecular weight is 416 g/mol. The number of hydrogen-bond donors (Lipinski definition) is 0. The lowest BCUT2D eigenvalue weighted by atomic mass is 9.94. The lowest BCUT2D eigenvalue weighted by Gasteiger charge is -2.13. The number of rotatable bonds is 8. The SMILES string of the molecule is C=CC(=O)OCCOC(=O)CCC(=O)Oc1ccc2ccc3cccc4ccc1c2c34. The van der Waals surface area contributed by atoms with E-state index in [1.54, 1.807) is 6.07 Å². The van der Waals surface area contributed by atoms with Crippen molar-refractivity contribution >= 4 is 50.2 Å². The number of carbonyl (C=O) groups excluding carboxylic acids is 3. The van der Waals surface area contributed by atoms with Gasteiger partial charge in [0.2, 0.25) is 0 Å². The third kappa shape index (κ3) is 4.33. The van der Waals surface area contributed by atoms with E-state index in [0.29, 0.717) is 5.75 Å². The zero-order chi connectivity index (χ0) is 21.8. The van der Waals surface area contributed by atoms with E-state index in [1.807, 2.05) is 24.3 Å². The van der Waals surface area contributed by atoms with Gasteiger partial charge < -0.3 is 14.2 Å². The van der Waals surface area contributed by atoms with Gasteiger partial charge in [-0.15, -0.1) is 0 Å². The molecule has 0 unspecified atom stereocenters. The van der Waals surface area contributed by atoms with Crippen LogP contribution in [0.2, 0.25) is 0 Å². The van der Waals surface area contributed by atoms with E-state index in [0.717, 1.165) is 38.4 Å². The summed E-state index contributed by atoms with van der Waals surface area (Å²) in [6.07, 6.45) is 0.782. The maximum Gasteiger partial charge on any atom is 0.330 e. The molecule has 156 valence electrons. The first kappa shape index (κ1) is 20.3. The van der Waals surface area contributed by atoms with Crippen LogP contribution in [0.5, 0.6) is 5.75 Å². The van der Waals surface area contributed by atoms with E-state index < -0.39 is 17.9 Å². The van der Waals surface area contributed by atoms with Crippen molar-refractivity contribution in [3.8, 4) is 5.75 Å². The van der Waals surface area contributed by atoms with Crippen molar-refractivity contribution in [2.24, 2.45) is 0 Å². The van der Waals surface area contributed by atoms with E-state index in [9.17, 15) is 14.4 Å². The molecule has 0 N–H and O–H groups in total. The van der Waals surface area contributed by atoms with Gasteiger partial charge in [-0.25, -0.2) is 4.79 Å². The largest absolute Gasteiger partial charge is 0.462 e. The molecule has 6 nitrogen and oxygen atoms in total. The molecule has 0 heterocycles. The summed E-state index contributed by atoms with van der Waals surface area (Å²) in [4.78, 5) is 35.0. The number of benzene rings is 4. The highest BCUT2D eigenvalue weighted by Crippen LogP contribution is 2.38. The molecule has 0 radical (unpaired) electrons. The van der Waals surface area contributed by atoms with Gasteiger partial charge in [0.1, 0.15) is 19.0 Å². The third-order valence-electron chi connectivity index (χ3n) is 5.00. The van der Waals surface area contributed by atoms with E-state index >= 15 is 0 Å². The Hall–Kier alpha value is -3.93. The Labute approximate surface area is 178 Å². The quantitative estimate of drug-likeness (QED) is 0.138. The molecule has 0 atom stereocenters. The van der Waals surface area contributed by atoms with Gasteiger partial charge in [0.05, 0.1) is 12.8 Å². The maximum atomic E-state index is 12.3. The molecule has 6 heteroatoms. The lowest BCUT2D eigenvalue weighted by Crippen LogP contribution is -2.15. The minimum atomic E-state index is -0.590. The van der Waals surface area contributed by atoms with Gasteiger partial charge in [0.15, 0.2) is 0 Å². The second-order valence-electron chi connectivity index (χ2n) is 6.99. The van der Waals surface area contributed by atoms with E-state index in [4.69, 9.17) is 14.2 Å². The van der Waals surface area contributed by atoms with E-state index in [1.165, 1.54) is 0 Å². The van der Waals surface area contributed by atoms with Crippen molar-refractivity contribution in [3.05, 3.63) is 67.3 Å². The van der Waals surface area contributed by atoms with Gasteiger partial charge in [0.25, 0.3) is 0 Å². The minimum absolute atomic E-state index is 0.0657. The van der Waals surface area contributed by atoms with E-state index in [-0.39, 0.29) is 26.1 Å². The smallest absolute Gasteiger partial charge is 0.330 e. The highest BCUT2D eigenvalue weighted by Gasteiger charge is 2.15. The van der Waals surface area contributed by atoms with Crippen LogP contribution in [0.15, 0.2) is 67.3 Å². The van der Waals surface area contributed by atoms with Crippen LogP contribution in [-0.4, -0.2) is 31.1 Å². The fourth-order valence-corrected chi connectivity index (χ4v) is 3.60. The molecular weight excluding hydrogens is 396 g/mol. The predicted octanol–water partition coefficient (Wildman–Crippen LogP) is 4.54. The molecule has 0 aliphatic rings. The van der Waals surface area contributed by atoms with Crippen LogP contribution in [0.25, 0.3) is 32.3 Å². The Morgan fingerprint density at radius 3 is 2.10 bits per heavy atom. The fraction of sp³-hybridized carbons (Fsp3) is 0.160. The Kier molecular flexibility index (Phi) is 5.80. The molecule has 0 fully saturated rings. The summed E-state index contributed by atoms with van der Waals surface area (Å²) in [5.74, 6) is -1.22. The van der Waals surface area contributed by atoms with Crippen molar-refractivity contribution < 1.29 is 28.6 Å². The summed E-state index contributed by atoms with van der Waals surface area (Å²) in [6, 6.07) is 17.9. The van der Waals surface area contributed by atoms with Gasteiger partial charge in [-0.1, -0.05) is 49.0 Å². The summed E-state index contributed by atoms with van der Waals surface area (Å²) in [5.41, 5.74) is 0. The van der Waals surface area contributed by atoms with Crippen LogP contribution in [-0.2, 0) is 23.9 Å². The molecule has 0 saturated carbocycles. The zero-order valence-electron chi connectivity index (χ0n) is 16.8. The topological polar surface area (TPSA) is 78.9 Å². The van der Waals surface area contributed by atoms with Crippen molar-refractivity contribution in [1.29, 1.82) is 0 Å². The highest BCUT2D eigenvalue weighted by atomic mass is 16.6. The fourth-order valence-electron chi connectivity index (χ4n) is 3.60. The van der Waals surface area contributed by atoms with Gasteiger partial charge in [-0.05, 0) is 33.7 Å². The Balaban J connectivity index is 1.41. The molecule has 4 rings (SSSR count). The van der Waals surface area contributed by atoms with Crippen molar-refractivity contribution in [3.63, 3.8) is 0 Å². The molecule has 0 amide bonds. The average Bonchev–Trinajstić information content (AvgIpc) is 2.79. The molecule has 4 aromatic carbocycles. The number of ether oxygens (including phenoxy) is 3. The summed E-state index contributed by atoms with van der Waals surface area (Å²) in [5, 5.41) is 6.35. The molecule has 0 bridgehead atoms. The maximum absolute atomic E-state index is 12.3. The zero-order valence-corrected chi connectivity index (χ0v) is 16.8. The number of carbonyl (C=O) groups is 3. The molecule has 4 aromatic rings. The number of esters is 3. The van der Waals surface area contributed by atoms with Crippen molar-refractivity contribution in [1.82, 2.24) is 0 Å². The second kappa shape index (κ2) is 8.83. The van der Waals surface area contributed by atoms with Crippen LogP contribution in [0, 0.1) is 0 Å². The van der Waals surface area contributed by atoms with Crippen molar-refractivity contribution in [2.45, 2.75) is 12.8 Å². The summed E-state index contributed by atoms with van der Waals surface area (Å²) >= 11 is 0. The Morgan fingerprint density at radius 1 is 0.742 bits per heavy atom. The van der Waals surface area contributed by atoms with Crippen LogP contribution < -0.4 is 4.74 Å². The molecule has 31 heavy (non-hydrogen) atoms. The molecule has 0 spiro atoms. The molecule has 0 aliphatic carbocycles. The first-order valence-corrected chi connectivity index (χ1v) is 9.89. The summed E-state index contributed by atoms with van der Waals surface area (Å²) < 4.78 is 15.2. The van der Waals surface area contributed by atoms with Gasteiger partial charge in [-0.3, -0.25) is 9.59 Å². The van der Waals surface area contributed by atoms with Crippen LogP contribution >= 0.6 is 0 Å². The van der Waals surface area contributed by atoms with Gasteiger partial charge in [0, 0.05) is 16.8 Å². The second-order valence-corrected chi connectivity index (χ2v) is 6.99. The normalized spacial score (nSPS) is 11.0. The van der Waals surface area contributed by atoms with Gasteiger partial charge in [-0.2, -0.15) is 0 Å². The lowest BCUT2D eigenvalue weighted by molar-refractivity contribution is -0.151. The van der Waals surface area contributed by atoms with Crippen LogP contribution in [0.1, 0.15) is 12.8 Å². The van der Waals surface area contributed by atoms with Gasteiger partial charge >= 0.3 is 17.9 Å². The van der Waals surface area contributed by atoms with Crippen LogP contribution in [0.4, 0.5) is 0 Å². The van der Waals surface area contributed by atoms with E-state index in [2.05, 4.69) is 30.8 Å². The highest BCUT2D eigenvalue weighted by molar-refractivity contribution is 6.24. The molecule has 0 aromatic heterocycles. The standard InChI is InChI=1S/C25H20O6/c1-2-21(26)29-14-15-30-22(27)12-13-23(28)31-20-11-9-18-7-6-16-4-3-5-17-8-10-19(20)25(18)24(16)17/h2-11H,1,12-15H2. The van der Waals surface area contributed by atoms with Crippen molar-refractivity contribution in [2.75, 3.05) is 13.2 Å². The van der Waals surface area contributed by atoms with Crippen LogP contribution in [0.3, 0.4) is 0 Å². The predicted molar refractivity (Wildman–Crippen MR) is 117 cm³/mol. The first-order chi connectivity index (χ1) is 15.1. The molecular formula is C25H20O6. The summed E-state index contributed by atoms with van der Waals surface area (Å²) in [7, 11) is 0. The Bertz CT molecular complexity index is 1270. The summed E-state index contributed by atoms with van der Waals surface area (Å²) in [6.45, 7) is 3.12. The molecule has 0 aliphatic heterocycles. The monoisotopic (exact) mass is 416 g/mol. The Morgan fingerprint density at radius 2 is 1.35 bits per heavy atom. The minimum Gasteiger partial charge on any atom is -0.462 e. The number of hydrogen-bond acceptors (Lipinski definition) is 6. The molecule has 0 saturated heterocycles. The third-order valence-corrected chi connectivity index (χ3v) is 5.00. The first-order valence-electron chi connectivity index (χ1n) is 9.89.